The summed E-state index contributed by atoms with van der Waals surface area (Å²) in [5.41, 5.74) is 0. The molecule has 0 fully saturated rings. The van der Waals surface area contributed by atoms with Gasteiger partial charge in [0.15, 0.2) is 0 Å². The Morgan fingerprint density at radius 1 is 0.842 bits per heavy atom. The van der Waals surface area contributed by atoms with Gasteiger partial charge in [-0.25, -0.2) is 9.59 Å². The summed E-state index contributed by atoms with van der Waals surface area (Å²) >= 11 is 0. The Labute approximate surface area is 110 Å². The van der Waals surface area contributed by atoms with Gasteiger partial charge in [-0.3, -0.25) is 4.98 Å². The SMILES string of the molecule is O=C(O)/C=C\C(=O)O.c1cc[nH]c1.c1ccncc1. The van der Waals surface area contributed by atoms with Gasteiger partial charge in [0.1, 0.15) is 0 Å². The molecule has 19 heavy (non-hydrogen) atoms. The van der Waals surface area contributed by atoms with Gasteiger partial charge < -0.3 is 15.2 Å². The van der Waals surface area contributed by atoms with Crippen molar-refractivity contribution in [2.24, 2.45) is 0 Å². The lowest BCUT2D eigenvalue weighted by Gasteiger charge is -1.74. The number of aliphatic carboxylic acids is 2. The van der Waals surface area contributed by atoms with Gasteiger partial charge in [-0.05, 0) is 24.3 Å². The number of H-pyrrole nitrogens is 1. The molecule has 0 aliphatic heterocycles. The number of carboxylic acids is 2. The van der Waals surface area contributed by atoms with E-state index in [4.69, 9.17) is 10.2 Å². The van der Waals surface area contributed by atoms with Gasteiger partial charge in [0.05, 0.1) is 0 Å². The third kappa shape index (κ3) is 15.1. The van der Waals surface area contributed by atoms with Crippen LogP contribution in [0.5, 0.6) is 0 Å². The average molecular weight is 262 g/mol. The van der Waals surface area contributed by atoms with Crippen molar-refractivity contribution in [1.82, 2.24) is 9.97 Å². The van der Waals surface area contributed by atoms with Crippen molar-refractivity contribution in [2.75, 3.05) is 0 Å². The fraction of sp³-hybridized carbons (Fsp3) is 0. The molecule has 3 N–H and O–H groups in total. The number of carboxylic acid groups (broad SMARTS) is 2. The molecule has 2 aromatic heterocycles. The Bertz CT molecular complexity index is 407. The third-order valence-electron chi connectivity index (χ3n) is 1.43. The maximum atomic E-state index is 9.55. The molecular formula is C13H14N2O4. The van der Waals surface area contributed by atoms with Crippen LogP contribution < -0.4 is 0 Å². The Hall–Kier alpha value is -2.89. The lowest BCUT2D eigenvalue weighted by molar-refractivity contribution is -0.134. The van der Waals surface area contributed by atoms with Crippen LogP contribution >= 0.6 is 0 Å². The summed E-state index contributed by atoms with van der Waals surface area (Å²) in [5, 5.41) is 15.6. The second kappa shape index (κ2) is 11.6. The zero-order chi connectivity index (χ0) is 14.3. The van der Waals surface area contributed by atoms with Crippen molar-refractivity contribution in [1.29, 1.82) is 0 Å². The smallest absolute Gasteiger partial charge is 0.328 e. The highest BCUT2D eigenvalue weighted by Crippen LogP contribution is 1.74. The van der Waals surface area contributed by atoms with E-state index in [0.29, 0.717) is 12.2 Å². The van der Waals surface area contributed by atoms with Gasteiger partial charge in [-0.2, -0.15) is 0 Å². The molecule has 0 amide bonds. The van der Waals surface area contributed by atoms with E-state index in [1.807, 2.05) is 42.7 Å². The van der Waals surface area contributed by atoms with Crippen LogP contribution in [-0.2, 0) is 9.59 Å². The molecule has 0 spiro atoms. The fourth-order valence-electron chi connectivity index (χ4n) is 0.733. The molecular weight excluding hydrogens is 248 g/mol. The van der Waals surface area contributed by atoms with Gasteiger partial charge >= 0.3 is 11.9 Å². The minimum absolute atomic E-state index is 0.558. The predicted molar refractivity (Wildman–Crippen MR) is 69.4 cm³/mol. The molecule has 0 radical (unpaired) electrons. The first kappa shape index (κ1) is 16.1. The molecule has 6 nitrogen and oxygen atoms in total. The molecule has 0 aromatic carbocycles. The van der Waals surface area contributed by atoms with Gasteiger partial charge in [-0.1, -0.05) is 6.07 Å². The number of aromatic nitrogens is 2. The van der Waals surface area contributed by atoms with E-state index in [2.05, 4.69) is 9.97 Å². The maximum Gasteiger partial charge on any atom is 0.328 e. The van der Waals surface area contributed by atoms with Gasteiger partial charge in [0.2, 0.25) is 0 Å². The standard InChI is InChI=1S/C5H5N.C4H5N.C4H4O4/c1-2-4-6-5-3-1;1-2-4-5-3-1;5-3(6)1-2-4(7)8/h1-5H;1-5H;1-2H,(H,5,6)(H,7,8)/b;;2-1-. The average Bonchev–Trinajstić information content (AvgIpc) is 2.98. The Morgan fingerprint density at radius 3 is 1.47 bits per heavy atom. The number of hydrogen-bond donors (Lipinski definition) is 3. The highest BCUT2D eigenvalue weighted by molar-refractivity contribution is 5.89. The summed E-state index contributed by atoms with van der Waals surface area (Å²) < 4.78 is 0. The van der Waals surface area contributed by atoms with Crippen molar-refractivity contribution < 1.29 is 19.8 Å². The molecule has 0 aliphatic carbocycles. The highest BCUT2D eigenvalue weighted by atomic mass is 16.4. The zero-order valence-corrected chi connectivity index (χ0v) is 10.0. The number of carbonyl (C=O) groups is 2. The van der Waals surface area contributed by atoms with Gasteiger partial charge in [-0.15, -0.1) is 0 Å². The van der Waals surface area contributed by atoms with Crippen molar-refractivity contribution in [3.63, 3.8) is 0 Å². The lowest BCUT2D eigenvalue weighted by Crippen LogP contribution is -1.91. The summed E-state index contributed by atoms with van der Waals surface area (Å²) in [7, 11) is 0. The number of rotatable bonds is 2. The van der Waals surface area contributed by atoms with Crippen molar-refractivity contribution >= 4 is 11.9 Å². The number of pyridine rings is 1. The predicted octanol–water partition coefficient (Wildman–Crippen LogP) is 1.81. The zero-order valence-electron chi connectivity index (χ0n) is 10.0. The van der Waals surface area contributed by atoms with Crippen molar-refractivity contribution in [3.05, 3.63) is 67.3 Å². The van der Waals surface area contributed by atoms with Crippen LogP contribution in [0.3, 0.4) is 0 Å². The highest BCUT2D eigenvalue weighted by Gasteiger charge is 1.88. The van der Waals surface area contributed by atoms with Crippen LogP contribution in [0, 0.1) is 0 Å². The topological polar surface area (TPSA) is 103 Å². The fourth-order valence-corrected chi connectivity index (χ4v) is 0.733. The monoisotopic (exact) mass is 262 g/mol. The van der Waals surface area contributed by atoms with Crippen LogP contribution in [0.25, 0.3) is 0 Å². The van der Waals surface area contributed by atoms with E-state index in [9.17, 15) is 9.59 Å². The molecule has 0 bridgehead atoms. The molecule has 0 unspecified atom stereocenters. The Morgan fingerprint density at radius 2 is 1.32 bits per heavy atom. The van der Waals surface area contributed by atoms with Crippen molar-refractivity contribution in [3.8, 4) is 0 Å². The summed E-state index contributed by atoms with van der Waals surface area (Å²) in [6.45, 7) is 0. The quantitative estimate of drug-likeness (QED) is 0.716. The largest absolute Gasteiger partial charge is 0.478 e. The number of nitrogens with one attached hydrogen (secondary N) is 1. The molecule has 0 aliphatic rings. The minimum Gasteiger partial charge on any atom is -0.478 e. The van der Waals surface area contributed by atoms with Crippen LogP contribution in [0.2, 0.25) is 0 Å². The second-order valence-corrected chi connectivity index (χ2v) is 2.92. The normalized spacial score (nSPS) is 8.63. The Kier molecular flexibility index (Phi) is 9.83. The molecule has 2 rings (SSSR count). The lowest BCUT2D eigenvalue weighted by atomic mass is 10.5. The molecule has 0 saturated carbocycles. The summed E-state index contributed by atoms with van der Waals surface area (Å²) in [5.74, 6) is -2.51. The van der Waals surface area contributed by atoms with E-state index in [1.165, 1.54) is 0 Å². The van der Waals surface area contributed by atoms with Crippen LogP contribution in [0.4, 0.5) is 0 Å². The van der Waals surface area contributed by atoms with E-state index in [1.54, 1.807) is 12.4 Å². The third-order valence-corrected chi connectivity index (χ3v) is 1.43. The molecule has 100 valence electrons. The van der Waals surface area contributed by atoms with E-state index in [0.717, 1.165) is 0 Å². The molecule has 2 aromatic rings. The molecule has 0 saturated heterocycles. The van der Waals surface area contributed by atoms with Gasteiger partial charge in [0, 0.05) is 36.9 Å². The summed E-state index contributed by atoms with van der Waals surface area (Å²) in [6, 6.07) is 9.60. The molecule has 6 heteroatoms. The first-order chi connectivity index (χ1) is 9.13. The van der Waals surface area contributed by atoms with E-state index in [-0.39, 0.29) is 0 Å². The molecule has 0 atom stereocenters. The number of nitrogens with zero attached hydrogens (tertiary/aromatic N) is 1. The molecule has 2 heterocycles. The minimum atomic E-state index is -1.26. The van der Waals surface area contributed by atoms with Crippen LogP contribution in [-0.4, -0.2) is 32.1 Å². The van der Waals surface area contributed by atoms with Crippen LogP contribution in [0.15, 0.2) is 67.3 Å². The summed E-state index contributed by atoms with van der Waals surface area (Å²) in [4.78, 5) is 25.8. The van der Waals surface area contributed by atoms with Gasteiger partial charge in [0.25, 0.3) is 0 Å². The van der Waals surface area contributed by atoms with Crippen molar-refractivity contribution in [2.45, 2.75) is 0 Å². The number of aromatic amines is 1. The van der Waals surface area contributed by atoms with Crippen LogP contribution in [0.1, 0.15) is 0 Å². The Balaban J connectivity index is 0.000000262. The van der Waals surface area contributed by atoms with E-state index >= 15 is 0 Å². The first-order valence-electron chi connectivity index (χ1n) is 5.19. The first-order valence-corrected chi connectivity index (χ1v) is 5.19. The summed E-state index contributed by atoms with van der Waals surface area (Å²) in [6.07, 6.45) is 8.37. The number of hydrogen-bond acceptors (Lipinski definition) is 3. The van der Waals surface area contributed by atoms with E-state index < -0.39 is 11.9 Å². The maximum absolute atomic E-state index is 9.55. The second-order valence-electron chi connectivity index (χ2n) is 2.92.